The SMILES string of the molecule is N#CCc1c(-c2ccc3ccccc3c2)nc2ccc(F)cn12. The second-order valence-corrected chi connectivity index (χ2v) is 5.38. The molecule has 23 heavy (non-hydrogen) atoms. The molecule has 4 aromatic rings. The minimum atomic E-state index is -0.348. The van der Waals surface area contributed by atoms with Crippen LogP contribution in [0.25, 0.3) is 27.7 Å². The molecular weight excluding hydrogens is 289 g/mol. The lowest BCUT2D eigenvalue weighted by atomic mass is 10.0. The van der Waals surface area contributed by atoms with Gasteiger partial charge in [0.1, 0.15) is 11.5 Å². The van der Waals surface area contributed by atoms with Gasteiger partial charge in [-0.1, -0.05) is 36.4 Å². The number of nitriles is 1. The van der Waals surface area contributed by atoms with Crippen LogP contribution in [-0.2, 0) is 6.42 Å². The van der Waals surface area contributed by atoms with Gasteiger partial charge in [-0.25, -0.2) is 9.37 Å². The maximum atomic E-state index is 13.5. The van der Waals surface area contributed by atoms with E-state index >= 15 is 0 Å². The number of aromatic nitrogens is 2. The van der Waals surface area contributed by atoms with Crippen molar-refractivity contribution in [2.45, 2.75) is 6.42 Å². The quantitative estimate of drug-likeness (QED) is 0.552. The van der Waals surface area contributed by atoms with Crippen molar-refractivity contribution >= 4 is 16.4 Å². The van der Waals surface area contributed by atoms with Crippen molar-refractivity contribution < 1.29 is 4.39 Å². The number of benzene rings is 2. The number of hydrogen-bond acceptors (Lipinski definition) is 2. The van der Waals surface area contributed by atoms with E-state index < -0.39 is 0 Å². The van der Waals surface area contributed by atoms with Crippen molar-refractivity contribution in [3.63, 3.8) is 0 Å². The van der Waals surface area contributed by atoms with Gasteiger partial charge in [0, 0.05) is 11.8 Å². The van der Waals surface area contributed by atoms with Gasteiger partial charge in [0.25, 0.3) is 0 Å². The van der Waals surface area contributed by atoms with Crippen LogP contribution in [0.15, 0.2) is 60.8 Å². The fraction of sp³-hybridized carbons (Fsp3) is 0.0526. The largest absolute Gasteiger partial charge is 0.299 e. The second kappa shape index (κ2) is 5.22. The molecule has 3 nitrogen and oxygen atoms in total. The molecular formula is C19H12FN3. The number of nitrogens with zero attached hydrogens (tertiary/aromatic N) is 3. The van der Waals surface area contributed by atoms with Crippen LogP contribution in [0, 0.1) is 17.1 Å². The molecule has 0 spiro atoms. The summed E-state index contributed by atoms with van der Waals surface area (Å²) in [6.07, 6.45) is 1.55. The standard InChI is InChI=1S/C19H12FN3/c20-16-7-8-18-22-19(17(9-10-21)23(18)12-16)15-6-5-13-3-1-2-4-14(13)11-15/h1-8,11-12H,9H2. The highest BCUT2D eigenvalue weighted by atomic mass is 19.1. The van der Waals surface area contributed by atoms with E-state index in [2.05, 4.69) is 11.1 Å². The molecule has 0 fully saturated rings. The lowest BCUT2D eigenvalue weighted by molar-refractivity contribution is 0.618. The van der Waals surface area contributed by atoms with Crippen LogP contribution in [0.1, 0.15) is 5.69 Å². The summed E-state index contributed by atoms with van der Waals surface area (Å²) in [5.41, 5.74) is 3.00. The molecule has 2 aromatic carbocycles. The van der Waals surface area contributed by atoms with Gasteiger partial charge in [0.05, 0.1) is 23.9 Å². The van der Waals surface area contributed by atoms with Gasteiger partial charge in [-0.05, 0) is 29.0 Å². The third-order valence-corrected chi connectivity index (χ3v) is 3.95. The van der Waals surface area contributed by atoms with Crippen LogP contribution >= 0.6 is 0 Å². The number of hydrogen-bond donors (Lipinski definition) is 0. The Hall–Kier alpha value is -3.19. The molecule has 4 rings (SSSR count). The third-order valence-electron chi connectivity index (χ3n) is 3.95. The summed E-state index contributed by atoms with van der Waals surface area (Å²) in [6, 6.07) is 19.3. The first-order valence-corrected chi connectivity index (χ1v) is 7.29. The van der Waals surface area contributed by atoms with Crippen LogP contribution in [-0.4, -0.2) is 9.38 Å². The molecule has 4 heteroatoms. The highest BCUT2D eigenvalue weighted by Crippen LogP contribution is 2.28. The Morgan fingerprint density at radius 1 is 1.04 bits per heavy atom. The third kappa shape index (κ3) is 2.23. The summed E-state index contributed by atoms with van der Waals surface area (Å²) in [5.74, 6) is -0.348. The molecule has 2 aromatic heterocycles. The molecule has 0 aliphatic heterocycles. The number of pyridine rings is 1. The Kier molecular flexibility index (Phi) is 3.06. The van der Waals surface area contributed by atoms with Crippen molar-refractivity contribution in [3.05, 3.63) is 72.3 Å². The molecule has 0 radical (unpaired) electrons. The summed E-state index contributed by atoms with van der Waals surface area (Å²) in [4.78, 5) is 4.59. The first-order chi connectivity index (χ1) is 11.3. The van der Waals surface area contributed by atoms with Crippen LogP contribution in [0.5, 0.6) is 0 Å². The predicted molar refractivity (Wildman–Crippen MR) is 87.4 cm³/mol. The summed E-state index contributed by atoms with van der Waals surface area (Å²) in [5, 5.41) is 11.4. The smallest absolute Gasteiger partial charge is 0.139 e. The highest BCUT2D eigenvalue weighted by molar-refractivity contribution is 5.87. The number of halogens is 1. The van der Waals surface area contributed by atoms with Crippen LogP contribution < -0.4 is 0 Å². The summed E-state index contributed by atoms with van der Waals surface area (Å²) in [6.45, 7) is 0. The highest BCUT2D eigenvalue weighted by Gasteiger charge is 2.14. The van der Waals surface area contributed by atoms with E-state index in [1.54, 1.807) is 10.5 Å². The Balaban J connectivity index is 1.99. The van der Waals surface area contributed by atoms with E-state index in [1.807, 2.05) is 42.5 Å². The molecule has 0 saturated heterocycles. The second-order valence-electron chi connectivity index (χ2n) is 5.38. The normalized spacial score (nSPS) is 11.0. The zero-order valence-electron chi connectivity index (χ0n) is 12.2. The molecule has 0 atom stereocenters. The van der Waals surface area contributed by atoms with Crippen LogP contribution in [0.3, 0.4) is 0 Å². The van der Waals surface area contributed by atoms with Crippen molar-refractivity contribution in [1.82, 2.24) is 9.38 Å². The Morgan fingerprint density at radius 2 is 1.87 bits per heavy atom. The van der Waals surface area contributed by atoms with Gasteiger partial charge in [0.2, 0.25) is 0 Å². The van der Waals surface area contributed by atoms with E-state index in [9.17, 15) is 4.39 Å². The molecule has 110 valence electrons. The minimum Gasteiger partial charge on any atom is -0.299 e. The number of rotatable bonds is 2. The predicted octanol–water partition coefficient (Wildman–Crippen LogP) is 4.36. The fourth-order valence-electron chi connectivity index (χ4n) is 2.88. The van der Waals surface area contributed by atoms with E-state index in [0.717, 1.165) is 22.0 Å². The number of imidazole rings is 1. The summed E-state index contributed by atoms with van der Waals surface area (Å²) >= 11 is 0. The maximum absolute atomic E-state index is 13.5. The molecule has 0 N–H and O–H groups in total. The summed E-state index contributed by atoms with van der Waals surface area (Å²) < 4.78 is 15.2. The molecule has 0 aliphatic carbocycles. The van der Waals surface area contributed by atoms with Crippen molar-refractivity contribution in [2.75, 3.05) is 0 Å². The lowest BCUT2D eigenvalue weighted by Crippen LogP contribution is -1.94. The van der Waals surface area contributed by atoms with Gasteiger partial charge in [-0.3, -0.25) is 4.40 Å². The van der Waals surface area contributed by atoms with Crippen molar-refractivity contribution in [3.8, 4) is 17.3 Å². The zero-order chi connectivity index (χ0) is 15.8. The molecule has 0 amide bonds. The van der Waals surface area contributed by atoms with Gasteiger partial charge in [0.15, 0.2) is 0 Å². The first-order valence-electron chi connectivity index (χ1n) is 7.29. The minimum absolute atomic E-state index is 0.173. The molecule has 2 heterocycles. The van der Waals surface area contributed by atoms with E-state index in [0.29, 0.717) is 11.3 Å². The average molecular weight is 301 g/mol. The van der Waals surface area contributed by atoms with Gasteiger partial charge in [-0.2, -0.15) is 5.26 Å². The van der Waals surface area contributed by atoms with E-state index in [1.165, 1.54) is 12.3 Å². The van der Waals surface area contributed by atoms with Crippen LogP contribution in [0.4, 0.5) is 4.39 Å². The average Bonchev–Trinajstić information content (AvgIpc) is 2.93. The van der Waals surface area contributed by atoms with Gasteiger partial charge in [-0.15, -0.1) is 0 Å². The molecule has 0 bridgehead atoms. The van der Waals surface area contributed by atoms with E-state index in [-0.39, 0.29) is 12.2 Å². The molecule has 0 unspecified atom stereocenters. The molecule has 0 aliphatic rings. The Morgan fingerprint density at radius 3 is 2.70 bits per heavy atom. The Bertz CT molecular complexity index is 1070. The Labute approximate surface area is 132 Å². The first kappa shape index (κ1) is 13.5. The van der Waals surface area contributed by atoms with Gasteiger partial charge >= 0.3 is 0 Å². The van der Waals surface area contributed by atoms with E-state index in [4.69, 9.17) is 5.26 Å². The topological polar surface area (TPSA) is 41.1 Å². The van der Waals surface area contributed by atoms with Crippen molar-refractivity contribution in [1.29, 1.82) is 5.26 Å². The number of fused-ring (bicyclic) bond motifs is 2. The molecule has 0 saturated carbocycles. The summed E-state index contributed by atoms with van der Waals surface area (Å²) in [7, 11) is 0. The zero-order valence-corrected chi connectivity index (χ0v) is 12.2. The van der Waals surface area contributed by atoms with Crippen molar-refractivity contribution in [2.24, 2.45) is 0 Å². The fourth-order valence-corrected chi connectivity index (χ4v) is 2.88. The monoisotopic (exact) mass is 301 g/mol. The van der Waals surface area contributed by atoms with Gasteiger partial charge < -0.3 is 0 Å². The lowest BCUT2D eigenvalue weighted by Gasteiger charge is -2.04. The maximum Gasteiger partial charge on any atom is 0.139 e. The van der Waals surface area contributed by atoms with Crippen LogP contribution in [0.2, 0.25) is 0 Å².